The molecule has 1 saturated heterocycles. The summed E-state index contributed by atoms with van der Waals surface area (Å²) < 4.78 is 1.77. The molecule has 2 fully saturated rings. The molecule has 1 saturated carbocycles. The molecule has 1 atom stereocenters. The average Bonchev–Trinajstić information content (AvgIpc) is 3.34. The topological polar surface area (TPSA) is 109 Å². The standard InChI is InChI=1S/C18H20N6O3/c1-18(13-3-4-13)16(26)24(17(27)22-18)10-15(25)21-9-12-2-5-14(20-8-12)23-7-6-19-11-23/h2,5-8,11,13H,3-4,9-10H2,1H3,(H,21,25)(H,22,27). The Bertz CT molecular complexity index is 875. The van der Waals surface area contributed by atoms with Gasteiger partial charge >= 0.3 is 6.03 Å². The first kappa shape index (κ1) is 17.2. The van der Waals surface area contributed by atoms with Gasteiger partial charge in [-0.25, -0.2) is 14.8 Å². The normalized spacial score (nSPS) is 22.0. The third-order valence-corrected chi connectivity index (χ3v) is 5.06. The number of nitrogens with one attached hydrogen (secondary N) is 2. The molecule has 3 heterocycles. The van der Waals surface area contributed by atoms with Crippen molar-refractivity contribution in [2.75, 3.05) is 6.54 Å². The molecular formula is C18H20N6O3. The smallest absolute Gasteiger partial charge is 0.325 e. The fraction of sp³-hybridized carbons (Fsp3) is 0.389. The molecule has 2 aliphatic rings. The molecule has 2 N–H and O–H groups in total. The van der Waals surface area contributed by atoms with Crippen LogP contribution in [-0.4, -0.2) is 49.4 Å². The lowest BCUT2D eigenvalue weighted by Crippen LogP contribution is -2.46. The first-order valence-corrected chi connectivity index (χ1v) is 8.81. The molecule has 2 aromatic heterocycles. The molecule has 4 amide bonds. The lowest BCUT2D eigenvalue weighted by atomic mass is 9.96. The minimum Gasteiger partial charge on any atom is -0.350 e. The summed E-state index contributed by atoms with van der Waals surface area (Å²) in [5.41, 5.74) is -0.0583. The molecule has 0 bridgehead atoms. The maximum Gasteiger partial charge on any atom is 0.325 e. The van der Waals surface area contributed by atoms with Crippen LogP contribution in [0.3, 0.4) is 0 Å². The minimum absolute atomic E-state index is 0.169. The number of hydrogen-bond acceptors (Lipinski definition) is 5. The van der Waals surface area contributed by atoms with E-state index in [2.05, 4.69) is 20.6 Å². The van der Waals surface area contributed by atoms with Crippen LogP contribution in [0.4, 0.5) is 4.79 Å². The number of nitrogens with zero attached hydrogens (tertiary/aromatic N) is 4. The summed E-state index contributed by atoms with van der Waals surface area (Å²) in [6, 6.07) is 3.17. The molecule has 9 nitrogen and oxygen atoms in total. The summed E-state index contributed by atoms with van der Waals surface area (Å²) in [5, 5.41) is 5.45. The number of rotatable bonds is 6. The Morgan fingerprint density at radius 1 is 1.37 bits per heavy atom. The van der Waals surface area contributed by atoms with Crippen LogP contribution >= 0.6 is 0 Å². The maximum atomic E-state index is 12.5. The van der Waals surface area contributed by atoms with Crippen molar-refractivity contribution in [2.45, 2.75) is 31.8 Å². The van der Waals surface area contributed by atoms with E-state index < -0.39 is 17.5 Å². The highest BCUT2D eigenvalue weighted by Crippen LogP contribution is 2.42. The molecule has 140 valence electrons. The minimum atomic E-state index is -0.871. The van der Waals surface area contributed by atoms with Crippen LogP contribution < -0.4 is 10.6 Å². The second-order valence-electron chi connectivity index (χ2n) is 7.07. The lowest BCUT2D eigenvalue weighted by molar-refractivity contribution is -0.135. The molecule has 9 heteroatoms. The highest BCUT2D eigenvalue weighted by molar-refractivity contribution is 6.09. The zero-order valence-electron chi connectivity index (χ0n) is 14.9. The Morgan fingerprint density at radius 3 is 2.81 bits per heavy atom. The molecule has 0 radical (unpaired) electrons. The van der Waals surface area contributed by atoms with Gasteiger partial charge in [0.05, 0.1) is 0 Å². The Hall–Kier alpha value is -3.23. The number of urea groups is 1. The monoisotopic (exact) mass is 368 g/mol. The largest absolute Gasteiger partial charge is 0.350 e. The van der Waals surface area contributed by atoms with Crippen molar-refractivity contribution >= 4 is 17.8 Å². The number of pyridine rings is 1. The van der Waals surface area contributed by atoms with Crippen molar-refractivity contribution < 1.29 is 14.4 Å². The summed E-state index contributed by atoms with van der Waals surface area (Å²) in [5.74, 6) is 0.178. The predicted octanol–water partition coefficient (Wildman–Crippen LogP) is 0.604. The first-order valence-electron chi connectivity index (χ1n) is 8.81. The number of amides is 4. The summed E-state index contributed by atoms with van der Waals surface area (Å²) in [6.45, 7) is 1.71. The third-order valence-electron chi connectivity index (χ3n) is 5.06. The lowest BCUT2D eigenvalue weighted by Gasteiger charge is -2.20. The van der Waals surface area contributed by atoms with Crippen LogP contribution in [0.5, 0.6) is 0 Å². The van der Waals surface area contributed by atoms with Crippen molar-refractivity contribution in [2.24, 2.45) is 5.92 Å². The van der Waals surface area contributed by atoms with Gasteiger partial charge in [-0.1, -0.05) is 6.07 Å². The van der Waals surface area contributed by atoms with Gasteiger partial charge in [0.15, 0.2) is 0 Å². The molecule has 2 aromatic rings. The van der Waals surface area contributed by atoms with Gasteiger partial charge in [-0.05, 0) is 37.3 Å². The molecule has 1 aliphatic carbocycles. The van der Waals surface area contributed by atoms with Gasteiger partial charge in [-0.3, -0.25) is 19.1 Å². The summed E-state index contributed by atoms with van der Waals surface area (Å²) in [4.78, 5) is 46.1. The molecule has 0 spiro atoms. The Morgan fingerprint density at radius 2 is 2.19 bits per heavy atom. The van der Waals surface area contributed by atoms with Crippen LogP contribution in [0.1, 0.15) is 25.3 Å². The Labute approximate surface area is 155 Å². The van der Waals surface area contributed by atoms with Crippen LogP contribution in [0, 0.1) is 5.92 Å². The molecule has 4 rings (SSSR count). The molecular weight excluding hydrogens is 348 g/mol. The highest BCUT2D eigenvalue weighted by Gasteiger charge is 2.56. The summed E-state index contributed by atoms with van der Waals surface area (Å²) in [7, 11) is 0. The zero-order chi connectivity index (χ0) is 19.0. The van der Waals surface area contributed by atoms with E-state index in [4.69, 9.17) is 0 Å². The molecule has 1 aliphatic heterocycles. The van der Waals surface area contributed by atoms with E-state index in [1.165, 1.54) is 0 Å². The fourth-order valence-electron chi connectivity index (χ4n) is 3.27. The van der Waals surface area contributed by atoms with Crippen molar-refractivity contribution in [3.63, 3.8) is 0 Å². The van der Waals surface area contributed by atoms with E-state index in [9.17, 15) is 14.4 Å². The van der Waals surface area contributed by atoms with E-state index >= 15 is 0 Å². The second kappa shape index (κ2) is 6.49. The third kappa shape index (κ3) is 3.27. The summed E-state index contributed by atoms with van der Waals surface area (Å²) in [6.07, 6.45) is 8.61. The fourth-order valence-corrected chi connectivity index (χ4v) is 3.27. The van der Waals surface area contributed by atoms with Crippen molar-refractivity contribution in [1.82, 2.24) is 30.1 Å². The van der Waals surface area contributed by atoms with Crippen molar-refractivity contribution in [3.8, 4) is 5.82 Å². The van der Waals surface area contributed by atoms with E-state index in [0.717, 1.165) is 29.1 Å². The average molecular weight is 368 g/mol. The molecule has 1 unspecified atom stereocenters. The number of carbonyl (C=O) groups excluding carboxylic acids is 3. The van der Waals surface area contributed by atoms with Crippen LogP contribution in [0.25, 0.3) is 5.82 Å². The molecule has 0 aromatic carbocycles. The Balaban J connectivity index is 1.32. The van der Waals surface area contributed by atoms with E-state index in [0.29, 0.717) is 0 Å². The highest BCUT2D eigenvalue weighted by atomic mass is 16.2. The van der Waals surface area contributed by atoms with Gasteiger partial charge in [-0.15, -0.1) is 0 Å². The maximum absolute atomic E-state index is 12.5. The number of aromatic nitrogens is 3. The zero-order valence-corrected chi connectivity index (χ0v) is 14.9. The van der Waals surface area contributed by atoms with E-state index in [1.54, 1.807) is 36.4 Å². The van der Waals surface area contributed by atoms with Gasteiger partial charge in [0.25, 0.3) is 5.91 Å². The van der Waals surface area contributed by atoms with Crippen LogP contribution in [-0.2, 0) is 16.1 Å². The van der Waals surface area contributed by atoms with Gasteiger partial charge in [0.2, 0.25) is 5.91 Å². The molecule has 27 heavy (non-hydrogen) atoms. The van der Waals surface area contributed by atoms with Crippen LogP contribution in [0.15, 0.2) is 37.1 Å². The number of imide groups is 1. The predicted molar refractivity (Wildman–Crippen MR) is 94.6 cm³/mol. The first-order chi connectivity index (χ1) is 13.0. The van der Waals surface area contributed by atoms with Crippen molar-refractivity contribution in [3.05, 3.63) is 42.6 Å². The van der Waals surface area contributed by atoms with Crippen LogP contribution in [0.2, 0.25) is 0 Å². The number of imidazole rings is 1. The van der Waals surface area contributed by atoms with Gasteiger partial charge in [0, 0.05) is 25.1 Å². The summed E-state index contributed by atoms with van der Waals surface area (Å²) >= 11 is 0. The van der Waals surface area contributed by atoms with E-state index in [-0.39, 0.29) is 24.9 Å². The van der Waals surface area contributed by atoms with Gasteiger partial charge in [-0.2, -0.15) is 0 Å². The van der Waals surface area contributed by atoms with Gasteiger partial charge in [0.1, 0.15) is 24.2 Å². The number of carbonyl (C=O) groups is 3. The Kier molecular flexibility index (Phi) is 4.14. The number of hydrogen-bond donors (Lipinski definition) is 2. The quantitative estimate of drug-likeness (QED) is 0.726. The second-order valence-corrected chi connectivity index (χ2v) is 7.07. The SMILES string of the molecule is CC1(C2CC2)NC(=O)N(CC(=O)NCc2ccc(-n3ccnc3)nc2)C1=O. The van der Waals surface area contributed by atoms with Crippen molar-refractivity contribution in [1.29, 1.82) is 0 Å². The van der Waals surface area contributed by atoms with Gasteiger partial charge < -0.3 is 10.6 Å². The van der Waals surface area contributed by atoms with E-state index in [1.807, 2.05) is 12.1 Å².